The average molecular weight is 714 g/mol. The zero-order chi connectivity index (χ0) is 34.5. The molecule has 4 heterocycles. The van der Waals surface area contributed by atoms with E-state index in [0.717, 1.165) is 11.0 Å². The summed E-state index contributed by atoms with van der Waals surface area (Å²) in [5.74, 6) is -3.96. The number of alkyl halides is 4. The third kappa shape index (κ3) is 7.06. The second kappa shape index (κ2) is 12.8. The lowest BCUT2D eigenvalue weighted by molar-refractivity contribution is -0.0811. The first-order chi connectivity index (χ1) is 21.1. The van der Waals surface area contributed by atoms with Gasteiger partial charge in [-0.1, -0.05) is 0 Å². The van der Waals surface area contributed by atoms with E-state index in [9.17, 15) is 56.5 Å². The van der Waals surface area contributed by atoms with Gasteiger partial charge in [0.25, 0.3) is 11.8 Å². The van der Waals surface area contributed by atoms with Crippen molar-refractivity contribution in [2.75, 3.05) is 6.61 Å². The maximum Gasteiger partial charge on any atom is 0.394 e. The van der Waals surface area contributed by atoms with Gasteiger partial charge in [0.05, 0.1) is 19.1 Å². The van der Waals surface area contributed by atoms with Gasteiger partial charge in [0.2, 0.25) is 11.6 Å². The fraction of sp³-hybridized carbons (Fsp3) is 0.667. The van der Waals surface area contributed by atoms with Gasteiger partial charge in [-0.2, -0.15) is 27.2 Å². The molecule has 2 aliphatic rings. The van der Waals surface area contributed by atoms with Gasteiger partial charge in [-0.15, -0.1) is 10.2 Å². The number of halogens is 4. The normalized spacial score (nSPS) is 30.1. The molecule has 2 saturated heterocycles. The molecule has 2 aromatic rings. The van der Waals surface area contributed by atoms with Crippen LogP contribution in [0.5, 0.6) is 6.01 Å². The van der Waals surface area contributed by atoms with E-state index in [1.165, 1.54) is 0 Å². The predicted octanol–water partition coefficient (Wildman–Crippen LogP) is -3.02. The highest BCUT2D eigenvalue weighted by Gasteiger charge is 2.56. The summed E-state index contributed by atoms with van der Waals surface area (Å²) in [6.45, 7) is -1.17. The minimum Gasteiger partial charge on any atom is -0.452 e. The summed E-state index contributed by atoms with van der Waals surface area (Å²) >= 11 is 0. The summed E-state index contributed by atoms with van der Waals surface area (Å²) in [6, 6.07) is -0.928. The number of ether oxygens (including phenoxy) is 3. The number of primary amides is 2. The summed E-state index contributed by atoms with van der Waals surface area (Å²) in [5.41, 5.74) is 5.58. The lowest BCUT2D eigenvalue weighted by atomic mass is 10.1. The van der Waals surface area contributed by atoms with Crippen LogP contribution in [0.4, 0.5) is 17.6 Å². The standard InChI is InChI=1S/C18H24F4N8O14P2/c19-16(20)45(36,37)41-2-5-7(32)9(15(43-5)29-3-25-12(27-29)10(23)34)44-17-26-13(11(24)35)28-30(17)14-8(33)6(31)4(42-14)1-18(21,22)46(38,39)40/h3-9,14-16,31-33H,1-2H2,(H2,23,34)(H2,24,35)(H,36,37)(H2,38,39,40)/t4-,5-,6-,7-,8-,9-,14-,15-/m1/s1. The molecule has 2 aliphatic heterocycles. The van der Waals surface area contributed by atoms with Crippen molar-refractivity contribution in [3.8, 4) is 6.01 Å². The zero-order valence-corrected chi connectivity index (χ0v) is 24.2. The molecular formula is C18H24F4N8O14P2. The van der Waals surface area contributed by atoms with E-state index in [0.29, 0.717) is 4.68 Å². The molecule has 0 saturated carbocycles. The van der Waals surface area contributed by atoms with Gasteiger partial charge < -0.3 is 60.2 Å². The van der Waals surface area contributed by atoms with Crippen LogP contribution in [-0.2, 0) is 23.1 Å². The molecular weight excluding hydrogens is 690 g/mol. The van der Waals surface area contributed by atoms with E-state index in [4.69, 9.17) is 35.5 Å². The number of hydrogen-bond donors (Lipinski definition) is 8. The maximum atomic E-state index is 14.1. The molecule has 9 atom stereocenters. The molecule has 4 rings (SSSR count). The highest BCUT2D eigenvalue weighted by molar-refractivity contribution is 7.53. The van der Waals surface area contributed by atoms with Gasteiger partial charge in [-0.05, 0) is 0 Å². The Morgan fingerprint density at radius 1 is 0.978 bits per heavy atom. The minimum absolute atomic E-state index is 0.381. The number of rotatable bonds is 13. The van der Waals surface area contributed by atoms with Crippen molar-refractivity contribution in [1.82, 2.24) is 29.5 Å². The summed E-state index contributed by atoms with van der Waals surface area (Å²) in [6.07, 6.45) is -20.9. The molecule has 0 aliphatic carbocycles. The van der Waals surface area contributed by atoms with E-state index in [2.05, 4.69) is 24.7 Å². The molecule has 0 radical (unpaired) electrons. The quantitative estimate of drug-likeness (QED) is 0.0756. The molecule has 0 aromatic carbocycles. The highest BCUT2D eigenvalue weighted by Crippen LogP contribution is 2.56. The Morgan fingerprint density at radius 3 is 2.13 bits per heavy atom. The molecule has 28 heteroatoms. The van der Waals surface area contributed by atoms with Gasteiger partial charge in [-0.3, -0.25) is 18.7 Å². The zero-order valence-electron chi connectivity index (χ0n) is 22.4. The number of amides is 2. The Labute approximate surface area is 251 Å². The Morgan fingerprint density at radius 2 is 1.59 bits per heavy atom. The number of carbonyl (C=O) groups excluding carboxylic acids is 2. The number of nitrogens with zero attached hydrogens (tertiary/aromatic N) is 6. The van der Waals surface area contributed by atoms with Gasteiger partial charge >= 0.3 is 33.0 Å². The summed E-state index contributed by atoms with van der Waals surface area (Å²) in [4.78, 5) is 57.8. The van der Waals surface area contributed by atoms with Crippen LogP contribution < -0.4 is 16.2 Å². The molecule has 2 amide bonds. The van der Waals surface area contributed by atoms with Gasteiger partial charge in [0, 0.05) is 0 Å². The summed E-state index contributed by atoms with van der Waals surface area (Å²) in [7, 11) is -11.6. The average Bonchev–Trinajstić information content (AvgIpc) is 3.71. The first kappa shape index (κ1) is 35.7. The largest absolute Gasteiger partial charge is 0.452 e. The number of aromatic nitrogens is 6. The SMILES string of the molecule is NC(=O)c1ncn([C@@H]2O[C@H](COP(=O)(O)C(F)F)[C@@H](O)[C@H]2Oc2nc(C(N)=O)nn2[C@@H]2O[C@H](CC(F)(F)P(=O)(O)O)[C@@H](O)[C@H]2O)n1. The third-order valence-electron chi connectivity index (χ3n) is 6.49. The van der Waals surface area contributed by atoms with Crippen LogP contribution in [0, 0.1) is 0 Å². The first-order valence-electron chi connectivity index (χ1n) is 12.3. The second-order valence-electron chi connectivity index (χ2n) is 9.68. The van der Waals surface area contributed by atoms with Crippen molar-refractivity contribution < 1.29 is 85.0 Å². The van der Waals surface area contributed by atoms with Crippen LogP contribution in [0.2, 0.25) is 0 Å². The summed E-state index contributed by atoms with van der Waals surface area (Å²) in [5, 5.41) is 39.1. The van der Waals surface area contributed by atoms with Gasteiger partial charge in [0.15, 0.2) is 18.6 Å². The van der Waals surface area contributed by atoms with Crippen molar-refractivity contribution in [1.29, 1.82) is 0 Å². The van der Waals surface area contributed by atoms with Crippen LogP contribution in [0.3, 0.4) is 0 Å². The van der Waals surface area contributed by atoms with Crippen molar-refractivity contribution in [3.63, 3.8) is 0 Å². The molecule has 2 aromatic heterocycles. The number of aliphatic hydroxyl groups is 3. The minimum atomic E-state index is -6.07. The van der Waals surface area contributed by atoms with Crippen LogP contribution >= 0.6 is 15.2 Å². The fourth-order valence-electron chi connectivity index (χ4n) is 4.18. The predicted molar refractivity (Wildman–Crippen MR) is 131 cm³/mol. The van der Waals surface area contributed by atoms with Crippen LogP contribution in [0.15, 0.2) is 6.33 Å². The van der Waals surface area contributed by atoms with Crippen LogP contribution in [0.25, 0.3) is 0 Å². The monoisotopic (exact) mass is 714 g/mol. The Balaban J connectivity index is 1.68. The third-order valence-corrected chi connectivity index (χ3v) is 8.53. The van der Waals surface area contributed by atoms with E-state index in [1.807, 2.05) is 0 Å². The highest BCUT2D eigenvalue weighted by atomic mass is 31.2. The van der Waals surface area contributed by atoms with Crippen molar-refractivity contribution >= 4 is 27.0 Å². The first-order valence-corrected chi connectivity index (χ1v) is 15.6. The van der Waals surface area contributed by atoms with Gasteiger partial charge in [-0.25, -0.2) is 9.67 Å². The lowest BCUT2D eigenvalue weighted by Crippen LogP contribution is -2.39. The number of carbonyl (C=O) groups is 2. The molecule has 22 nitrogen and oxygen atoms in total. The Bertz CT molecular complexity index is 1560. The Kier molecular flexibility index (Phi) is 9.93. The fourth-order valence-corrected chi connectivity index (χ4v) is 5.08. The molecule has 10 N–H and O–H groups in total. The van der Waals surface area contributed by atoms with Crippen molar-refractivity contribution in [2.24, 2.45) is 11.5 Å². The summed E-state index contributed by atoms with van der Waals surface area (Å²) < 4.78 is 98.3. The smallest absolute Gasteiger partial charge is 0.394 e. The number of aliphatic hydroxyl groups excluding tert-OH is 3. The van der Waals surface area contributed by atoms with Crippen molar-refractivity contribution in [2.45, 2.75) is 67.3 Å². The lowest BCUT2D eigenvalue weighted by Gasteiger charge is -2.23. The number of hydrogen-bond acceptors (Lipinski definition) is 15. The molecule has 0 bridgehead atoms. The topological polar surface area (TPSA) is 340 Å². The van der Waals surface area contributed by atoms with Gasteiger partial charge in [0.1, 0.15) is 30.7 Å². The van der Waals surface area contributed by atoms with E-state index >= 15 is 0 Å². The molecule has 258 valence electrons. The van der Waals surface area contributed by atoms with Crippen LogP contribution in [0.1, 0.15) is 40.1 Å². The van der Waals surface area contributed by atoms with E-state index < -0.39 is 119 Å². The van der Waals surface area contributed by atoms with Crippen LogP contribution in [-0.4, -0.2) is 126 Å². The van der Waals surface area contributed by atoms with E-state index in [1.54, 1.807) is 0 Å². The molecule has 1 unspecified atom stereocenters. The molecule has 0 spiro atoms. The second-order valence-corrected chi connectivity index (χ2v) is 13.2. The number of nitrogens with two attached hydrogens (primary N) is 2. The maximum absolute atomic E-state index is 14.1. The molecule has 46 heavy (non-hydrogen) atoms. The van der Waals surface area contributed by atoms with Crippen molar-refractivity contribution in [3.05, 3.63) is 18.0 Å². The molecule has 2 fully saturated rings. The Hall–Kier alpha value is -3.16. The van der Waals surface area contributed by atoms with E-state index in [-0.39, 0.29) is 0 Å².